The zero-order valence-corrected chi connectivity index (χ0v) is 5.64. The number of aromatic amines is 1. The van der Waals surface area contributed by atoms with E-state index in [1.165, 1.54) is 0 Å². The van der Waals surface area contributed by atoms with Gasteiger partial charge in [-0.1, -0.05) is 7.43 Å². The second-order valence-corrected chi connectivity index (χ2v) is 1.77. The minimum absolute atomic E-state index is 0. The number of H-pyrrole nitrogens is 1. The number of rotatable bonds is 2. The number of aromatic nitrogens is 2. The van der Waals surface area contributed by atoms with Crippen LogP contribution in [0.4, 0.5) is 0 Å². The molecule has 0 spiro atoms. The fourth-order valence-corrected chi connectivity index (χ4v) is 0.627. The first-order valence-corrected chi connectivity index (χ1v) is 2.97. The Balaban J connectivity index is 0.000000810. The van der Waals surface area contributed by atoms with Gasteiger partial charge in [0.1, 0.15) is 5.82 Å². The average Bonchev–Trinajstić information content (AvgIpc) is 2.17. The van der Waals surface area contributed by atoms with Crippen molar-refractivity contribution in [2.45, 2.75) is 21.3 Å². The molecule has 1 rings (SSSR count). The highest BCUT2D eigenvalue weighted by atomic mass is 16.5. The van der Waals surface area contributed by atoms with Crippen molar-refractivity contribution in [3.63, 3.8) is 0 Å². The van der Waals surface area contributed by atoms with Crippen LogP contribution in [0.25, 0.3) is 0 Å². The fraction of sp³-hybridized carbons (Fsp3) is 0.571. The molecule has 0 saturated carbocycles. The largest absolute Gasteiger partial charge is 0.478 e. The maximum absolute atomic E-state index is 5.11. The maximum Gasteiger partial charge on any atom is 0.211 e. The zero-order valence-electron chi connectivity index (χ0n) is 5.64. The molecule has 0 aromatic carbocycles. The molecule has 0 bridgehead atoms. The summed E-state index contributed by atoms with van der Waals surface area (Å²) >= 11 is 0. The van der Waals surface area contributed by atoms with Gasteiger partial charge in [-0.05, 0) is 13.8 Å². The first-order chi connectivity index (χ1) is 4.33. The van der Waals surface area contributed by atoms with Gasteiger partial charge in [0.25, 0.3) is 0 Å². The Hall–Kier alpha value is -0.990. The SMILES string of the molecule is C.CCOc1cnc(C)[nH]1. The van der Waals surface area contributed by atoms with Crippen molar-refractivity contribution >= 4 is 0 Å². The van der Waals surface area contributed by atoms with Crippen molar-refractivity contribution in [3.05, 3.63) is 12.0 Å². The number of ether oxygens (including phenoxy) is 1. The molecule has 0 atom stereocenters. The number of nitrogens with one attached hydrogen (secondary N) is 1. The Morgan fingerprint density at radius 2 is 2.40 bits per heavy atom. The summed E-state index contributed by atoms with van der Waals surface area (Å²) in [5.41, 5.74) is 0. The van der Waals surface area contributed by atoms with Gasteiger partial charge >= 0.3 is 0 Å². The van der Waals surface area contributed by atoms with Crippen molar-refractivity contribution in [1.29, 1.82) is 0 Å². The molecule has 1 aromatic heterocycles. The van der Waals surface area contributed by atoms with Gasteiger partial charge in [-0.15, -0.1) is 0 Å². The molecule has 1 N–H and O–H groups in total. The molecule has 1 aromatic rings. The first kappa shape index (κ1) is 9.01. The van der Waals surface area contributed by atoms with E-state index in [0.29, 0.717) is 6.61 Å². The summed E-state index contributed by atoms with van der Waals surface area (Å²) in [4.78, 5) is 6.90. The van der Waals surface area contributed by atoms with E-state index in [-0.39, 0.29) is 7.43 Å². The summed E-state index contributed by atoms with van der Waals surface area (Å²) in [6.45, 7) is 4.51. The molecule has 0 radical (unpaired) electrons. The minimum Gasteiger partial charge on any atom is -0.478 e. The quantitative estimate of drug-likeness (QED) is 0.683. The van der Waals surface area contributed by atoms with E-state index in [9.17, 15) is 0 Å². The predicted octanol–water partition coefficient (Wildman–Crippen LogP) is 1.75. The normalized spacial score (nSPS) is 8.60. The number of hydrogen-bond acceptors (Lipinski definition) is 2. The van der Waals surface area contributed by atoms with Crippen LogP contribution in [-0.2, 0) is 0 Å². The summed E-state index contributed by atoms with van der Waals surface area (Å²) in [6.07, 6.45) is 1.68. The van der Waals surface area contributed by atoms with Crippen LogP contribution in [0.2, 0.25) is 0 Å². The Labute approximate surface area is 61.4 Å². The number of imidazole rings is 1. The van der Waals surface area contributed by atoms with E-state index in [0.717, 1.165) is 11.7 Å². The Kier molecular flexibility index (Phi) is 3.54. The van der Waals surface area contributed by atoms with Crippen LogP contribution in [0.5, 0.6) is 5.88 Å². The van der Waals surface area contributed by atoms with Gasteiger partial charge in [-0.2, -0.15) is 0 Å². The Morgan fingerprint density at radius 3 is 2.80 bits per heavy atom. The van der Waals surface area contributed by atoms with Crippen LogP contribution < -0.4 is 4.74 Å². The van der Waals surface area contributed by atoms with Gasteiger partial charge in [-0.25, -0.2) is 4.98 Å². The smallest absolute Gasteiger partial charge is 0.211 e. The molecule has 10 heavy (non-hydrogen) atoms. The number of aryl methyl sites for hydroxylation is 1. The highest BCUT2D eigenvalue weighted by Crippen LogP contribution is 2.03. The van der Waals surface area contributed by atoms with Gasteiger partial charge in [0.15, 0.2) is 0 Å². The van der Waals surface area contributed by atoms with Crippen molar-refractivity contribution < 1.29 is 4.74 Å². The van der Waals surface area contributed by atoms with Crippen LogP contribution in [-0.4, -0.2) is 16.6 Å². The van der Waals surface area contributed by atoms with E-state index >= 15 is 0 Å². The number of hydrogen-bond donors (Lipinski definition) is 1. The zero-order chi connectivity index (χ0) is 6.69. The van der Waals surface area contributed by atoms with Gasteiger partial charge in [-0.3, -0.25) is 0 Å². The van der Waals surface area contributed by atoms with Gasteiger partial charge < -0.3 is 9.72 Å². The lowest BCUT2D eigenvalue weighted by Crippen LogP contribution is -1.90. The second kappa shape index (κ2) is 3.93. The highest BCUT2D eigenvalue weighted by Gasteiger charge is 1.92. The van der Waals surface area contributed by atoms with Crippen molar-refractivity contribution in [2.75, 3.05) is 6.61 Å². The molecule has 3 heteroatoms. The van der Waals surface area contributed by atoms with E-state index in [4.69, 9.17) is 4.74 Å². The maximum atomic E-state index is 5.11. The van der Waals surface area contributed by atoms with Crippen LogP contribution in [0.3, 0.4) is 0 Å². The standard InChI is InChI=1S/C6H10N2O.CH4/c1-3-9-6-4-7-5(2)8-6;/h4H,3H2,1-2H3,(H,7,8);1H4. The molecule has 58 valence electrons. The molecule has 0 amide bonds. The third-order valence-corrected chi connectivity index (χ3v) is 0.979. The lowest BCUT2D eigenvalue weighted by Gasteiger charge is -1.94. The molecule has 1 heterocycles. The van der Waals surface area contributed by atoms with E-state index in [2.05, 4.69) is 9.97 Å². The first-order valence-electron chi connectivity index (χ1n) is 2.97. The van der Waals surface area contributed by atoms with Gasteiger partial charge in [0.2, 0.25) is 5.88 Å². The molecule has 0 aliphatic carbocycles. The van der Waals surface area contributed by atoms with Crippen molar-refractivity contribution in [3.8, 4) is 5.88 Å². The molecular formula is C7H14N2O. The third-order valence-electron chi connectivity index (χ3n) is 0.979. The Bertz CT molecular complexity index is 183. The van der Waals surface area contributed by atoms with E-state index < -0.39 is 0 Å². The number of nitrogens with zero attached hydrogens (tertiary/aromatic N) is 1. The van der Waals surface area contributed by atoms with E-state index in [1.807, 2.05) is 13.8 Å². The van der Waals surface area contributed by atoms with Crippen LogP contribution in [0.1, 0.15) is 20.2 Å². The molecule has 0 aliphatic rings. The predicted molar refractivity (Wildman–Crippen MR) is 41.2 cm³/mol. The van der Waals surface area contributed by atoms with Crippen LogP contribution in [0, 0.1) is 6.92 Å². The lowest BCUT2D eigenvalue weighted by atomic mass is 10.7. The molecule has 0 unspecified atom stereocenters. The lowest BCUT2D eigenvalue weighted by molar-refractivity contribution is 0.328. The second-order valence-electron chi connectivity index (χ2n) is 1.77. The summed E-state index contributed by atoms with van der Waals surface area (Å²) in [6, 6.07) is 0. The summed E-state index contributed by atoms with van der Waals surface area (Å²) in [7, 11) is 0. The fourth-order valence-electron chi connectivity index (χ4n) is 0.627. The van der Waals surface area contributed by atoms with Gasteiger partial charge in [0.05, 0.1) is 12.8 Å². The highest BCUT2D eigenvalue weighted by molar-refractivity contribution is 5.05. The van der Waals surface area contributed by atoms with Crippen molar-refractivity contribution in [1.82, 2.24) is 9.97 Å². The summed E-state index contributed by atoms with van der Waals surface area (Å²) < 4.78 is 5.11. The molecule has 0 saturated heterocycles. The molecular weight excluding hydrogens is 128 g/mol. The van der Waals surface area contributed by atoms with E-state index in [1.54, 1.807) is 6.20 Å². The minimum atomic E-state index is 0. The summed E-state index contributed by atoms with van der Waals surface area (Å²) in [5.74, 6) is 1.63. The van der Waals surface area contributed by atoms with Crippen molar-refractivity contribution in [2.24, 2.45) is 0 Å². The van der Waals surface area contributed by atoms with Crippen LogP contribution in [0.15, 0.2) is 6.20 Å². The van der Waals surface area contributed by atoms with Gasteiger partial charge in [0, 0.05) is 0 Å². The molecule has 0 aliphatic heterocycles. The average molecular weight is 142 g/mol. The monoisotopic (exact) mass is 142 g/mol. The Morgan fingerprint density at radius 1 is 1.70 bits per heavy atom. The van der Waals surface area contributed by atoms with Crippen LogP contribution >= 0.6 is 0 Å². The third kappa shape index (κ3) is 2.09. The molecule has 0 fully saturated rings. The topological polar surface area (TPSA) is 37.9 Å². The molecule has 3 nitrogen and oxygen atoms in total. The summed E-state index contributed by atoms with van der Waals surface area (Å²) in [5, 5.41) is 0.